The number of rotatable bonds is 8. The average Bonchev–Trinajstić information content (AvgIpc) is 3.35. The first-order valence-corrected chi connectivity index (χ1v) is 9.47. The maximum atomic E-state index is 12.4. The van der Waals surface area contributed by atoms with E-state index >= 15 is 0 Å². The van der Waals surface area contributed by atoms with Crippen LogP contribution in [0.2, 0.25) is 0 Å². The van der Waals surface area contributed by atoms with Crippen molar-refractivity contribution in [3.05, 3.63) is 23.8 Å². The van der Waals surface area contributed by atoms with Gasteiger partial charge in [0.2, 0.25) is 10.0 Å². The smallest absolute Gasteiger partial charge is 0.251 e. The molecule has 0 heterocycles. The highest BCUT2D eigenvalue weighted by Crippen LogP contribution is 2.31. The zero-order chi connectivity index (χ0) is 17.9. The number of methoxy groups -OCH3 is 1. The molecular weight excluding hydrogens is 330 g/mol. The van der Waals surface area contributed by atoms with Crippen LogP contribution in [0.5, 0.6) is 5.75 Å². The summed E-state index contributed by atoms with van der Waals surface area (Å²) in [5.41, 5.74) is 6.22. The summed E-state index contributed by atoms with van der Waals surface area (Å²) in [5, 5.41) is 2.76. The van der Waals surface area contributed by atoms with Crippen LogP contribution in [0.15, 0.2) is 23.1 Å². The van der Waals surface area contributed by atoms with Crippen LogP contribution in [-0.4, -0.2) is 40.1 Å². The molecule has 24 heavy (non-hydrogen) atoms. The van der Waals surface area contributed by atoms with Gasteiger partial charge in [0.25, 0.3) is 5.91 Å². The summed E-state index contributed by atoms with van der Waals surface area (Å²) in [6, 6.07) is 4.00. The zero-order valence-corrected chi connectivity index (χ0v) is 15.0. The molecule has 0 radical (unpaired) electrons. The molecule has 1 amide bonds. The van der Waals surface area contributed by atoms with E-state index in [1.807, 2.05) is 0 Å². The van der Waals surface area contributed by atoms with Crippen molar-refractivity contribution in [2.45, 2.75) is 43.7 Å². The lowest BCUT2D eigenvalue weighted by Gasteiger charge is -2.15. The molecule has 1 aromatic rings. The van der Waals surface area contributed by atoms with E-state index in [1.54, 1.807) is 13.8 Å². The molecule has 1 fully saturated rings. The number of hydrogen-bond acceptors (Lipinski definition) is 5. The molecule has 1 aromatic carbocycles. The summed E-state index contributed by atoms with van der Waals surface area (Å²) in [4.78, 5) is 12.2. The molecule has 0 aromatic heterocycles. The molecule has 1 saturated carbocycles. The Morgan fingerprint density at radius 3 is 2.58 bits per heavy atom. The van der Waals surface area contributed by atoms with Gasteiger partial charge in [0.05, 0.1) is 7.11 Å². The monoisotopic (exact) mass is 355 g/mol. The van der Waals surface area contributed by atoms with Crippen molar-refractivity contribution >= 4 is 15.9 Å². The fraction of sp³-hybridized carbons (Fsp3) is 0.562. The number of carbonyl (C=O) groups is 1. The van der Waals surface area contributed by atoms with E-state index in [0.29, 0.717) is 12.5 Å². The first-order chi connectivity index (χ1) is 11.2. The molecule has 2 rings (SSSR count). The third-order valence-corrected chi connectivity index (χ3v) is 5.51. The Kier molecular flexibility index (Phi) is 5.84. The zero-order valence-electron chi connectivity index (χ0n) is 14.2. The Morgan fingerprint density at radius 2 is 2.04 bits per heavy atom. The fourth-order valence-corrected chi connectivity index (χ4v) is 3.85. The lowest BCUT2D eigenvalue weighted by molar-refractivity contribution is 0.0950. The second kappa shape index (κ2) is 7.50. The van der Waals surface area contributed by atoms with E-state index in [9.17, 15) is 13.2 Å². The first-order valence-electron chi connectivity index (χ1n) is 7.98. The number of carbonyl (C=O) groups excluding carboxylic acids is 1. The second-order valence-corrected chi connectivity index (χ2v) is 8.04. The minimum absolute atomic E-state index is 0.0574. The van der Waals surface area contributed by atoms with E-state index in [0.717, 1.165) is 12.8 Å². The van der Waals surface area contributed by atoms with Crippen LogP contribution in [0.1, 0.15) is 37.0 Å². The number of ether oxygens (including phenoxy) is 1. The van der Waals surface area contributed by atoms with Crippen LogP contribution < -0.4 is 20.5 Å². The van der Waals surface area contributed by atoms with Crippen molar-refractivity contribution in [3.63, 3.8) is 0 Å². The molecule has 1 aliphatic carbocycles. The lowest BCUT2D eigenvalue weighted by atomic mass is 10.1. The van der Waals surface area contributed by atoms with Crippen LogP contribution in [-0.2, 0) is 10.0 Å². The van der Waals surface area contributed by atoms with Gasteiger partial charge in [-0.1, -0.05) is 0 Å². The summed E-state index contributed by atoms with van der Waals surface area (Å²) in [6.07, 6.45) is 2.20. The third kappa shape index (κ3) is 4.68. The Bertz CT molecular complexity index is 699. The molecular formula is C16H25N3O4S. The van der Waals surface area contributed by atoms with E-state index in [4.69, 9.17) is 10.5 Å². The largest absolute Gasteiger partial charge is 0.495 e. The third-order valence-electron chi connectivity index (χ3n) is 3.83. The van der Waals surface area contributed by atoms with E-state index in [2.05, 4.69) is 10.0 Å². The highest BCUT2D eigenvalue weighted by atomic mass is 32.2. The van der Waals surface area contributed by atoms with E-state index in [-0.39, 0.29) is 34.2 Å². The van der Waals surface area contributed by atoms with Gasteiger partial charge in [-0.15, -0.1) is 0 Å². The molecule has 134 valence electrons. The van der Waals surface area contributed by atoms with Crippen molar-refractivity contribution in [2.24, 2.45) is 11.7 Å². The molecule has 1 atom stereocenters. The molecule has 0 spiro atoms. The van der Waals surface area contributed by atoms with Crippen molar-refractivity contribution in [2.75, 3.05) is 13.7 Å². The average molecular weight is 355 g/mol. The number of amides is 1. The van der Waals surface area contributed by atoms with Gasteiger partial charge >= 0.3 is 0 Å². The van der Waals surface area contributed by atoms with Crippen LogP contribution in [0.3, 0.4) is 0 Å². The number of nitrogens with one attached hydrogen (secondary N) is 2. The van der Waals surface area contributed by atoms with Crippen molar-refractivity contribution < 1.29 is 17.9 Å². The maximum Gasteiger partial charge on any atom is 0.251 e. The van der Waals surface area contributed by atoms with Gasteiger partial charge in [-0.2, -0.15) is 0 Å². The Morgan fingerprint density at radius 1 is 1.38 bits per heavy atom. The summed E-state index contributed by atoms with van der Waals surface area (Å²) < 4.78 is 32.4. The van der Waals surface area contributed by atoms with Crippen molar-refractivity contribution in [1.29, 1.82) is 0 Å². The highest BCUT2D eigenvalue weighted by molar-refractivity contribution is 7.89. The number of sulfonamides is 1. The van der Waals surface area contributed by atoms with Crippen molar-refractivity contribution in [1.82, 2.24) is 10.0 Å². The quantitative estimate of drug-likeness (QED) is 0.640. The molecule has 0 saturated heterocycles. The van der Waals surface area contributed by atoms with Crippen LogP contribution in [0.4, 0.5) is 0 Å². The van der Waals surface area contributed by atoms with Gasteiger partial charge in [0.1, 0.15) is 10.6 Å². The molecule has 8 heteroatoms. The van der Waals surface area contributed by atoms with Crippen molar-refractivity contribution in [3.8, 4) is 5.75 Å². The van der Waals surface area contributed by atoms with Gasteiger partial charge in [0.15, 0.2) is 0 Å². The summed E-state index contributed by atoms with van der Waals surface area (Å²) in [7, 11) is -2.39. The number of benzene rings is 1. The number of nitrogens with two attached hydrogens (primary N) is 1. The predicted octanol–water partition coefficient (Wildman–Crippen LogP) is 0.849. The molecule has 0 aliphatic heterocycles. The highest BCUT2D eigenvalue weighted by Gasteiger charge is 2.29. The second-order valence-electron chi connectivity index (χ2n) is 6.35. The molecule has 1 unspecified atom stereocenters. The Hall–Kier alpha value is -1.64. The molecule has 4 N–H and O–H groups in total. The Labute approximate surface area is 143 Å². The number of hydrogen-bond donors (Lipinski definition) is 3. The topological polar surface area (TPSA) is 111 Å². The predicted molar refractivity (Wildman–Crippen MR) is 91.5 cm³/mol. The van der Waals surface area contributed by atoms with Crippen LogP contribution in [0.25, 0.3) is 0 Å². The Balaban J connectivity index is 2.19. The molecule has 1 aliphatic rings. The summed E-state index contributed by atoms with van der Waals surface area (Å²) >= 11 is 0. The van der Waals surface area contributed by atoms with E-state index in [1.165, 1.54) is 25.3 Å². The van der Waals surface area contributed by atoms with Crippen LogP contribution >= 0.6 is 0 Å². The normalized spacial score (nSPS) is 16.0. The lowest BCUT2D eigenvalue weighted by Crippen LogP contribution is -2.38. The standard InChI is InChI=1S/C16H25N3O4S/c1-10(2)19-24(21,22)15-8-12(6-7-14(15)23-3)16(20)18-9-13(17)11-4-5-11/h6-8,10-11,13,19H,4-5,9,17H2,1-3H3,(H,18,20). The fourth-order valence-electron chi connectivity index (χ4n) is 2.41. The van der Waals surface area contributed by atoms with Gasteiger partial charge in [0, 0.05) is 24.2 Å². The minimum atomic E-state index is -3.77. The summed E-state index contributed by atoms with van der Waals surface area (Å²) in [5.74, 6) is 0.316. The van der Waals surface area contributed by atoms with Crippen LogP contribution in [0, 0.1) is 5.92 Å². The van der Waals surface area contributed by atoms with Gasteiger partial charge < -0.3 is 15.8 Å². The van der Waals surface area contributed by atoms with Gasteiger partial charge in [-0.3, -0.25) is 4.79 Å². The minimum Gasteiger partial charge on any atom is -0.495 e. The SMILES string of the molecule is COc1ccc(C(=O)NCC(N)C2CC2)cc1S(=O)(=O)NC(C)C. The van der Waals surface area contributed by atoms with Gasteiger partial charge in [-0.25, -0.2) is 13.1 Å². The van der Waals surface area contributed by atoms with Gasteiger partial charge in [-0.05, 0) is 50.8 Å². The maximum absolute atomic E-state index is 12.4. The molecule has 0 bridgehead atoms. The molecule has 7 nitrogen and oxygen atoms in total. The summed E-state index contributed by atoms with van der Waals surface area (Å²) in [6.45, 7) is 3.82. The van der Waals surface area contributed by atoms with E-state index < -0.39 is 10.0 Å². The first kappa shape index (κ1) is 18.7.